The Balaban J connectivity index is 1.52. The van der Waals surface area contributed by atoms with E-state index in [1.165, 1.54) is 6.07 Å². The molecule has 9 heteroatoms. The second-order valence-electron chi connectivity index (χ2n) is 8.44. The van der Waals surface area contributed by atoms with Gasteiger partial charge in [0.2, 0.25) is 10.0 Å². The molecule has 1 saturated heterocycles. The lowest BCUT2D eigenvalue weighted by Gasteiger charge is -2.41. The normalized spacial score (nSPS) is 21.4. The number of anilines is 1. The molecule has 2 heterocycles. The molecule has 2 aliphatic rings. The Hall–Kier alpha value is -2.20. The Bertz CT molecular complexity index is 1060. The van der Waals surface area contributed by atoms with Crippen LogP contribution in [0.4, 0.5) is 10.1 Å². The van der Waals surface area contributed by atoms with Gasteiger partial charge in [0.25, 0.3) is 0 Å². The number of nitrogens with zero attached hydrogens (tertiary/aromatic N) is 2. The van der Waals surface area contributed by atoms with Crippen molar-refractivity contribution >= 4 is 15.7 Å². The summed E-state index contributed by atoms with van der Waals surface area (Å²) in [5, 5.41) is 0. The number of piperazine rings is 1. The maximum absolute atomic E-state index is 14.2. The molecular formula is C24H32FN3O4S. The zero-order valence-electron chi connectivity index (χ0n) is 19.2. The van der Waals surface area contributed by atoms with Crippen molar-refractivity contribution in [1.82, 2.24) is 9.62 Å². The average Bonchev–Trinajstić information content (AvgIpc) is 2.83. The standard InChI is InChI=1S/C24H32FN3O4S/c1-3-32-17-19(27-11-13-28(14-12-27)21-8-5-4-7-20(21)25)15-18-16-26-33(29,30)23-10-6-9-22(31-2)24(18)23/h4-10,18-19,26H,3,11-17H2,1-2H3. The van der Waals surface area contributed by atoms with Crippen LogP contribution in [0.3, 0.4) is 0 Å². The second-order valence-corrected chi connectivity index (χ2v) is 10.2. The van der Waals surface area contributed by atoms with Crippen molar-refractivity contribution < 1.29 is 22.3 Å². The molecule has 4 rings (SSSR count). The predicted octanol–water partition coefficient (Wildman–Crippen LogP) is 2.83. The maximum Gasteiger partial charge on any atom is 0.241 e. The maximum atomic E-state index is 14.2. The molecule has 2 atom stereocenters. The van der Waals surface area contributed by atoms with Gasteiger partial charge in [-0.05, 0) is 37.6 Å². The van der Waals surface area contributed by atoms with Crippen molar-refractivity contribution in [2.24, 2.45) is 0 Å². The molecule has 0 radical (unpaired) electrons. The summed E-state index contributed by atoms with van der Waals surface area (Å²) in [6, 6.07) is 12.1. The summed E-state index contributed by atoms with van der Waals surface area (Å²) in [6.45, 7) is 6.48. The van der Waals surface area contributed by atoms with Gasteiger partial charge in [0, 0.05) is 56.9 Å². The van der Waals surface area contributed by atoms with Crippen molar-refractivity contribution in [3.05, 3.63) is 53.8 Å². The molecule has 2 aromatic rings. The molecule has 1 N–H and O–H groups in total. The van der Waals surface area contributed by atoms with Crippen molar-refractivity contribution in [3.63, 3.8) is 0 Å². The highest BCUT2D eigenvalue weighted by atomic mass is 32.2. The monoisotopic (exact) mass is 477 g/mol. The number of sulfonamides is 1. The number of fused-ring (bicyclic) bond motifs is 1. The van der Waals surface area contributed by atoms with Gasteiger partial charge in [0.1, 0.15) is 11.6 Å². The van der Waals surface area contributed by atoms with Gasteiger partial charge in [-0.25, -0.2) is 17.5 Å². The molecule has 33 heavy (non-hydrogen) atoms. The third-order valence-corrected chi connectivity index (χ3v) is 8.04. The fraction of sp³-hybridized carbons (Fsp3) is 0.500. The predicted molar refractivity (Wildman–Crippen MR) is 126 cm³/mol. The van der Waals surface area contributed by atoms with Gasteiger partial charge in [0.15, 0.2) is 0 Å². The highest BCUT2D eigenvalue weighted by Gasteiger charge is 2.35. The number of benzene rings is 2. The molecule has 2 aliphatic heterocycles. The summed E-state index contributed by atoms with van der Waals surface area (Å²) in [5.74, 6) is 0.367. The summed E-state index contributed by atoms with van der Waals surface area (Å²) in [6.07, 6.45) is 0.732. The van der Waals surface area contributed by atoms with Crippen molar-refractivity contribution in [3.8, 4) is 5.75 Å². The lowest BCUT2D eigenvalue weighted by atomic mass is 9.90. The first-order chi connectivity index (χ1) is 15.9. The number of methoxy groups -OCH3 is 1. The minimum absolute atomic E-state index is 0.0327. The van der Waals surface area contributed by atoms with Gasteiger partial charge in [-0.1, -0.05) is 18.2 Å². The molecule has 180 valence electrons. The minimum Gasteiger partial charge on any atom is -0.496 e. The zero-order chi connectivity index (χ0) is 23.4. The van der Waals surface area contributed by atoms with E-state index in [2.05, 4.69) is 14.5 Å². The molecule has 0 aromatic heterocycles. The van der Waals surface area contributed by atoms with Crippen LogP contribution < -0.4 is 14.4 Å². The van der Waals surface area contributed by atoms with Gasteiger partial charge < -0.3 is 14.4 Å². The first-order valence-electron chi connectivity index (χ1n) is 11.4. The van der Waals surface area contributed by atoms with Crippen LogP contribution in [0, 0.1) is 5.82 Å². The number of hydrogen-bond acceptors (Lipinski definition) is 6. The molecule has 0 saturated carbocycles. The van der Waals surface area contributed by atoms with Crippen LogP contribution in [0.1, 0.15) is 24.8 Å². The summed E-state index contributed by atoms with van der Waals surface area (Å²) in [7, 11) is -1.97. The quantitative estimate of drug-likeness (QED) is 0.631. The molecule has 0 bridgehead atoms. The molecule has 0 spiro atoms. The SMILES string of the molecule is CCOCC(CC1CNS(=O)(=O)c2cccc(OC)c21)N1CCN(c2ccccc2F)CC1. The summed E-state index contributed by atoms with van der Waals surface area (Å²) < 4.78 is 53.5. The van der Waals surface area contributed by atoms with E-state index in [0.29, 0.717) is 31.2 Å². The van der Waals surface area contributed by atoms with E-state index in [1.807, 2.05) is 25.1 Å². The van der Waals surface area contributed by atoms with Crippen LogP contribution in [-0.4, -0.2) is 72.4 Å². The highest BCUT2D eigenvalue weighted by Crippen LogP contribution is 2.38. The molecule has 7 nitrogen and oxygen atoms in total. The Labute approximate surface area is 195 Å². The average molecular weight is 478 g/mol. The molecule has 1 fully saturated rings. The van der Waals surface area contributed by atoms with Crippen molar-refractivity contribution in [2.45, 2.75) is 30.2 Å². The van der Waals surface area contributed by atoms with Crippen molar-refractivity contribution in [2.75, 3.05) is 57.9 Å². The Kier molecular flexibility index (Phi) is 7.53. The molecule has 2 aromatic carbocycles. The van der Waals surface area contributed by atoms with Crippen LogP contribution in [0.25, 0.3) is 0 Å². The van der Waals surface area contributed by atoms with Gasteiger partial charge >= 0.3 is 0 Å². The van der Waals surface area contributed by atoms with E-state index in [0.717, 1.165) is 38.2 Å². The van der Waals surface area contributed by atoms with Crippen LogP contribution >= 0.6 is 0 Å². The lowest BCUT2D eigenvalue weighted by Crippen LogP contribution is -2.52. The second kappa shape index (κ2) is 10.4. The fourth-order valence-electron chi connectivity index (χ4n) is 4.87. The van der Waals surface area contributed by atoms with E-state index >= 15 is 0 Å². The number of ether oxygens (including phenoxy) is 2. The largest absolute Gasteiger partial charge is 0.496 e. The summed E-state index contributed by atoms with van der Waals surface area (Å²) in [5.41, 5.74) is 1.38. The smallest absolute Gasteiger partial charge is 0.241 e. The third-order valence-electron chi connectivity index (χ3n) is 6.56. The van der Waals surface area contributed by atoms with Gasteiger partial charge in [-0.3, -0.25) is 4.90 Å². The van der Waals surface area contributed by atoms with E-state index in [4.69, 9.17) is 9.47 Å². The Morgan fingerprint density at radius 1 is 1.12 bits per heavy atom. The first-order valence-corrected chi connectivity index (χ1v) is 12.9. The summed E-state index contributed by atoms with van der Waals surface area (Å²) in [4.78, 5) is 4.75. The topological polar surface area (TPSA) is 71.1 Å². The van der Waals surface area contributed by atoms with Gasteiger partial charge in [-0.2, -0.15) is 0 Å². The van der Waals surface area contributed by atoms with E-state index in [-0.39, 0.29) is 22.7 Å². The number of nitrogens with one attached hydrogen (secondary N) is 1. The van der Waals surface area contributed by atoms with Crippen LogP contribution in [0.2, 0.25) is 0 Å². The Morgan fingerprint density at radius 2 is 1.88 bits per heavy atom. The number of rotatable bonds is 8. The number of hydrogen-bond donors (Lipinski definition) is 1. The fourth-order valence-corrected chi connectivity index (χ4v) is 6.26. The number of para-hydroxylation sites is 1. The van der Waals surface area contributed by atoms with Gasteiger partial charge in [0.05, 0.1) is 24.3 Å². The molecular weight excluding hydrogens is 445 g/mol. The Morgan fingerprint density at radius 3 is 2.58 bits per heavy atom. The zero-order valence-corrected chi connectivity index (χ0v) is 20.0. The molecule has 0 amide bonds. The van der Waals surface area contributed by atoms with Crippen molar-refractivity contribution in [1.29, 1.82) is 0 Å². The molecule has 2 unspecified atom stereocenters. The van der Waals surface area contributed by atoms with Crippen LogP contribution in [-0.2, 0) is 14.8 Å². The minimum atomic E-state index is -3.54. The van der Waals surface area contributed by atoms with Crippen LogP contribution in [0.15, 0.2) is 47.4 Å². The third kappa shape index (κ3) is 5.16. The highest BCUT2D eigenvalue weighted by molar-refractivity contribution is 7.89. The van der Waals surface area contributed by atoms with Crippen LogP contribution in [0.5, 0.6) is 5.75 Å². The summed E-state index contributed by atoms with van der Waals surface area (Å²) >= 11 is 0. The number of halogens is 1. The van der Waals surface area contributed by atoms with E-state index in [1.54, 1.807) is 25.3 Å². The lowest BCUT2D eigenvalue weighted by molar-refractivity contribution is 0.0548. The van der Waals surface area contributed by atoms with E-state index in [9.17, 15) is 12.8 Å². The van der Waals surface area contributed by atoms with E-state index < -0.39 is 10.0 Å². The van der Waals surface area contributed by atoms with Gasteiger partial charge in [-0.15, -0.1) is 0 Å². The molecule has 0 aliphatic carbocycles. The first kappa shape index (κ1) is 23.9.